The van der Waals surface area contributed by atoms with Gasteiger partial charge in [-0.15, -0.1) is 10.2 Å². The van der Waals surface area contributed by atoms with Gasteiger partial charge in [-0.2, -0.15) is 0 Å². The van der Waals surface area contributed by atoms with Crippen molar-refractivity contribution in [1.29, 1.82) is 0 Å². The molecule has 3 aliphatic rings. The molecule has 0 bridgehead atoms. The monoisotopic (exact) mass is 338 g/mol. The van der Waals surface area contributed by atoms with Crippen LogP contribution < -0.4 is 5.32 Å². The maximum atomic E-state index is 12.7. The van der Waals surface area contributed by atoms with E-state index in [-0.39, 0.29) is 5.91 Å². The van der Waals surface area contributed by atoms with Crippen molar-refractivity contribution in [1.82, 2.24) is 20.1 Å². The highest BCUT2D eigenvalue weighted by Gasteiger charge is 2.36. The predicted octanol–water partition coefficient (Wildman–Crippen LogP) is 2.42. The van der Waals surface area contributed by atoms with Crippen LogP contribution in [0, 0.1) is 0 Å². The summed E-state index contributed by atoms with van der Waals surface area (Å²) >= 11 is 0. The van der Waals surface area contributed by atoms with Gasteiger partial charge < -0.3 is 14.6 Å². The first-order valence-electron chi connectivity index (χ1n) is 9.22. The molecule has 6 nitrogen and oxygen atoms in total. The topological polar surface area (TPSA) is 69.0 Å². The minimum Gasteiger partial charge on any atom is -0.363 e. The molecule has 2 heterocycles. The normalized spacial score (nSPS) is 22.5. The highest BCUT2D eigenvalue weighted by Crippen LogP contribution is 2.44. The van der Waals surface area contributed by atoms with Crippen molar-refractivity contribution in [2.45, 2.75) is 56.7 Å². The third-order valence-electron chi connectivity index (χ3n) is 5.30. The number of benzene rings is 1. The quantitative estimate of drug-likeness (QED) is 0.909. The molecule has 1 atom stereocenters. The fraction of sp³-hybridized carbons (Fsp3) is 0.526. The lowest BCUT2D eigenvalue weighted by atomic mass is 9.97. The Balaban J connectivity index is 1.32. The molecule has 2 aromatic rings. The number of nitrogens with zero attached hydrogens (tertiary/aromatic N) is 3. The first kappa shape index (κ1) is 15.1. The lowest BCUT2D eigenvalue weighted by molar-refractivity contribution is -0.134. The van der Waals surface area contributed by atoms with E-state index in [1.807, 2.05) is 18.2 Å². The molecule has 1 amide bonds. The average molecular weight is 338 g/mol. The lowest BCUT2D eigenvalue weighted by Gasteiger charge is -2.25. The minimum atomic E-state index is -0.523. The van der Waals surface area contributed by atoms with Crippen molar-refractivity contribution in [3.63, 3.8) is 0 Å². The predicted molar refractivity (Wildman–Crippen MR) is 91.0 cm³/mol. The highest BCUT2D eigenvalue weighted by atomic mass is 16.5. The Morgan fingerprint density at radius 1 is 1.20 bits per heavy atom. The van der Waals surface area contributed by atoms with Gasteiger partial charge in [0.2, 0.25) is 0 Å². The number of ether oxygens (including phenoxy) is 1. The van der Waals surface area contributed by atoms with Gasteiger partial charge in [-0.3, -0.25) is 4.79 Å². The number of rotatable bonds is 5. The summed E-state index contributed by atoms with van der Waals surface area (Å²) in [6, 6.07) is 8.56. The number of hydrogen-bond donors (Lipinski definition) is 1. The number of amides is 1. The first-order chi connectivity index (χ1) is 12.3. The number of carbonyl (C=O) groups is 1. The third-order valence-corrected chi connectivity index (χ3v) is 5.30. The van der Waals surface area contributed by atoms with E-state index in [1.54, 1.807) is 0 Å². The van der Waals surface area contributed by atoms with Crippen LogP contribution in [-0.4, -0.2) is 27.3 Å². The van der Waals surface area contributed by atoms with E-state index >= 15 is 0 Å². The Morgan fingerprint density at radius 2 is 2.04 bits per heavy atom. The van der Waals surface area contributed by atoms with Gasteiger partial charge in [0.05, 0.1) is 13.2 Å². The van der Waals surface area contributed by atoms with Crippen LogP contribution in [0.4, 0.5) is 0 Å². The maximum Gasteiger partial charge on any atom is 0.254 e. The van der Waals surface area contributed by atoms with Crippen LogP contribution in [0.1, 0.15) is 66.5 Å². The van der Waals surface area contributed by atoms with Gasteiger partial charge in [0, 0.05) is 12.0 Å². The molecule has 1 N–H and O–H groups in total. The van der Waals surface area contributed by atoms with Gasteiger partial charge in [0.25, 0.3) is 5.91 Å². The zero-order valence-corrected chi connectivity index (χ0v) is 14.1. The van der Waals surface area contributed by atoms with Crippen molar-refractivity contribution in [2.24, 2.45) is 0 Å². The molecular formula is C19H22N4O2. The number of carbonyl (C=O) groups excluding carboxylic acids is 1. The molecule has 1 aromatic carbocycles. The van der Waals surface area contributed by atoms with Crippen LogP contribution in [0.5, 0.6) is 0 Å². The molecule has 0 radical (unpaired) electrons. The Hall–Kier alpha value is -2.21. The molecule has 1 aliphatic heterocycles. The largest absolute Gasteiger partial charge is 0.363 e. The van der Waals surface area contributed by atoms with E-state index in [9.17, 15) is 4.79 Å². The molecule has 1 aromatic heterocycles. The number of nitrogens with one attached hydrogen (secondary N) is 1. The molecule has 5 rings (SSSR count). The standard InChI is InChI=1S/C19H22N4O2/c24-19(17-15-4-2-1-3-12(15)9-10-25-17)20-11-16-21-22-18(13-5-6-13)23(16)14-7-8-14/h1-4,13-14,17H,5-11H2,(H,20,24)/t17-/m0/s1. The van der Waals surface area contributed by atoms with Crippen molar-refractivity contribution in [3.05, 3.63) is 47.0 Å². The summed E-state index contributed by atoms with van der Waals surface area (Å²) in [7, 11) is 0. The number of fused-ring (bicyclic) bond motifs is 1. The summed E-state index contributed by atoms with van der Waals surface area (Å²) in [5, 5.41) is 11.8. The second kappa shape index (κ2) is 5.95. The van der Waals surface area contributed by atoms with Gasteiger partial charge in [-0.05, 0) is 43.2 Å². The second-order valence-corrected chi connectivity index (χ2v) is 7.27. The molecular weight excluding hydrogens is 316 g/mol. The second-order valence-electron chi connectivity index (χ2n) is 7.27. The molecule has 130 valence electrons. The van der Waals surface area contributed by atoms with Crippen LogP contribution in [0.15, 0.2) is 24.3 Å². The van der Waals surface area contributed by atoms with Gasteiger partial charge in [0.15, 0.2) is 11.9 Å². The lowest BCUT2D eigenvalue weighted by Crippen LogP contribution is -2.34. The van der Waals surface area contributed by atoms with Crippen molar-refractivity contribution in [3.8, 4) is 0 Å². The van der Waals surface area contributed by atoms with Gasteiger partial charge >= 0.3 is 0 Å². The summed E-state index contributed by atoms with van der Waals surface area (Å²) in [4.78, 5) is 12.7. The van der Waals surface area contributed by atoms with Gasteiger partial charge in [-0.25, -0.2) is 0 Å². The van der Waals surface area contributed by atoms with Crippen molar-refractivity contribution in [2.75, 3.05) is 6.61 Å². The summed E-state index contributed by atoms with van der Waals surface area (Å²) in [6.07, 6.45) is 5.15. The molecule has 2 saturated carbocycles. The number of hydrogen-bond acceptors (Lipinski definition) is 4. The summed E-state index contributed by atoms with van der Waals surface area (Å²) in [5.41, 5.74) is 2.18. The van der Waals surface area contributed by atoms with Crippen molar-refractivity contribution >= 4 is 5.91 Å². The Morgan fingerprint density at radius 3 is 2.84 bits per heavy atom. The zero-order valence-electron chi connectivity index (χ0n) is 14.1. The van der Waals surface area contributed by atoms with E-state index in [0.29, 0.717) is 25.1 Å². The van der Waals surface area contributed by atoms with E-state index < -0.39 is 6.10 Å². The molecule has 0 unspecified atom stereocenters. The van der Waals surface area contributed by atoms with Crippen molar-refractivity contribution < 1.29 is 9.53 Å². The summed E-state index contributed by atoms with van der Waals surface area (Å²) in [6.45, 7) is 0.996. The fourth-order valence-corrected chi connectivity index (χ4v) is 3.68. The molecule has 25 heavy (non-hydrogen) atoms. The van der Waals surface area contributed by atoms with Crippen LogP contribution in [-0.2, 0) is 22.5 Å². The molecule has 2 aliphatic carbocycles. The molecule has 2 fully saturated rings. The Bertz CT molecular complexity index is 808. The maximum absolute atomic E-state index is 12.7. The summed E-state index contributed by atoms with van der Waals surface area (Å²) in [5.74, 6) is 2.48. The Labute approximate surface area is 146 Å². The molecule has 6 heteroatoms. The SMILES string of the molecule is O=C(NCc1nnc(C2CC2)n1C1CC1)[C@H]1OCCc2ccccc21. The van der Waals surface area contributed by atoms with E-state index in [2.05, 4.69) is 26.1 Å². The van der Waals surface area contributed by atoms with Crippen LogP contribution in [0.25, 0.3) is 0 Å². The Kier molecular flexibility index (Phi) is 3.59. The zero-order chi connectivity index (χ0) is 16.8. The van der Waals surface area contributed by atoms with Crippen LogP contribution in [0.3, 0.4) is 0 Å². The van der Waals surface area contributed by atoms with Gasteiger partial charge in [-0.1, -0.05) is 24.3 Å². The van der Waals surface area contributed by atoms with Crippen LogP contribution in [0.2, 0.25) is 0 Å². The van der Waals surface area contributed by atoms with Crippen LogP contribution >= 0.6 is 0 Å². The van der Waals surface area contributed by atoms with E-state index in [0.717, 1.165) is 23.6 Å². The highest BCUT2D eigenvalue weighted by molar-refractivity contribution is 5.82. The number of aromatic nitrogens is 3. The minimum absolute atomic E-state index is 0.0922. The van der Waals surface area contributed by atoms with E-state index in [1.165, 1.54) is 31.2 Å². The third kappa shape index (κ3) is 2.84. The molecule has 0 spiro atoms. The first-order valence-corrected chi connectivity index (χ1v) is 9.22. The average Bonchev–Trinajstić information content (AvgIpc) is 3.58. The van der Waals surface area contributed by atoms with Gasteiger partial charge in [0.1, 0.15) is 5.82 Å². The van der Waals surface area contributed by atoms with E-state index in [4.69, 9.17) is 4.74 Å². The molecule has 0 saturated heterocycles. The fourth-order valence-electron chi connectivity index (χ4n) is 3.68. The smallest absolute Gasteiger partial charge is 0.254 e. The summed E-state index contributed by atoms with van der Waals surface area (Å²) < 4.78 is 8.01.